The molecule has 180 valence electrons. The lowest BCUT2D eigenvalue weighted by Crippen LogP contribution is -2.57. The van der Waals surface area contributed by atoms with Gasteiger partial charge in [0.25, 0.3) is 11.8 Å². The van der Waals surface area contributed by atoms with Gasteiger partial charge in [0.2, 0.25) is 5.78 Å². The Labute approximate surface area is 198 Å². The number of fused-ring (bicyclic) bond motifs is 1. The summed E-state index contributed by atoms with van der Waals surface area (Å²) in [6, 6.07) is 10.0. The number of hydrazine groups is 1. The summed E-state index contributed by atoms with van der Waals surface area (Å²) in [4.78, 5) is 41.6. The maximum atomic E-state index is 13.6. The molecule has 34 heavy (non-hydrogen) atoms. The van der Waals surface area contributed by atoms with Crippen LogP contribution in [0.4, 0.5) is 10.1 Å². The number of Topliss-reactive ketones (excluding diaryl/α,β-unsaturated/α-hetero) is 1. The van der Waals surface area contributed by atoms with Gasteiger partial charge in [-0.3, -0.25) is 19.3 Å². The third kappa shape index (κ3) is 4.41. The van der Waals surface area contributed by atoms with Crippen LogP contribution in [-0.2, 0) is 16.1 Å². The van der Waals surface area contributed by atoms with Crippen LogP contribution >= 0.6 is 0 Å². The van der Waals surface area contributed by atoms with Crippen LogP contribution in [0, 0.1) is 12.7 Å². The largest absolute Gasteiger partial charge is 0.363 e. The highest BCUT2D eigenvalue weighted by Gasteiger charge is 2.38. The first-order chi connectivity index (χ1) is 16.1. The Morgan fingerprint density at radius 2 is 1.71 bits per heavy atom. The molecule has 1 unspecified atom stereocenters. The molecule has 2 aliphatic heterocycles. The first-order valence-electron chi connectivity index (χ1n) is 11.4. The number of nitrogens with two attached hydrogens (primary N) is 2. The number of ketones is 1. The van der Waals surface area contributed by atoms with Crippen LogP contribution in [0.3, 0.4) is 0 Å². The third-order valence-corrected chi connectivity index (χ3v) is 6.90. The molecule has 0 aliphatic carbocycles. The van der Waals surface area contributed by atoms with E-state index >= 15 is 0 Å². The van der Waals surface area contributed by atoms with Gasteiger partial charge in [-0.05, 0) is 61.7 Å². The van der Waals surface area contributed by atoms with Gasteiger partial charge in [0.15, 0.2) is 0 Å². The number of benzene rings is 2. The van der Waals surface area contributed by atoms with Crippen molar-refractivity contribution in [3.63, 3.8) is 0 Å². The average molecular weight is 468 g/mol. The number of carbonyl (C=O) groups excluding carboxylic acids is 3. The van der Waals surface area contributed by atoms with E-state index in [-0.39, 0.29) is 30.4 Å². The Bertz CT molecular complexity index is 1140. The molecule has 2 aromatic rings. The molecular formula is C25H30FN5O3. The Hall–Kier alpha value is -3.30. The Balaban J connectivity index is 1.55. The van der Waals surface area contributed by atoms with E-state index in [1.54, 1.807) is 24.3 Å². The molecule has 9 heteroatoms. The predicted molar refractivity (Wildman–Crippen MR) is 126 cm³/mol. The molecule has 0 radical (unpaired) electrons. The summed E-state index contributed by atoms with van der Waals surface area (Å²) in [5, 5.41) is 1.42. The van der Waals surface area contributed by atoms with Crippen LogP contribution in [-0.4, -0.2) is 59.1 Å². The van der Waals surface area contributed by atoms with E-state index in [1.165, 1.54) is 17.1 Å². The molecule has 1 saturated heterocycles. The van der Waals surface area contributed by atoms with Gasteiger partial charge >= 0.3 is 0 Å². The van der Waals surface area contributed by atoms with Crippen molar-refractivity contribution in [3.05, 3.63) is 64.5 Å². The number of rotatable bonds is 5. The molecule has 0 spiro atoms. The molecular weight excluding hydrogens is 437 g/mol. The summed E-state index contributed by atoms with van der Waals surface area (Å²) in [6.07, 6.45) is 0. The van der Waals surface area contributed by atoms with E-state index in [2.05, 4.69) is 11.8 Å². The minimum Gasteiger partial charge on any atom is -0.363 e. The van der Waals surface area contributed by atoms with Gasteiger partial charge < -0.3 is 15.6 Å². The fraction of sp³-hybridized carbons (Fsp3) is 0.400. The summed E-state index contributed by atoms with van der Waals surface area (Å²) >= 11 is 0. The van der Waals surface area contributed by atoms with E-state index < -0.39 is 17.6 Å². The molecule has 0 aromatic heterocycles. The van der Waals surface area contributed by atoms with Crippen molar-refractivity contribution in [1.82, 2.24) is 9.80 Å². The zero-order valence-corrected chi connectivity index (χ0v) is 19.6. The lowest BCUT2D eigenvalue weighted by atomic mass is 9.92. The SMILES string of the molecule is Cc1cc2c(cc1C(=O)N1C[C@H](C)N(Cc3ccc(F)cc3)C[C@H]1C)C(C(=O)C(N)=O)CN2N. The van der Waals surface area contributed by atoms with Gasteiger partial charge in [-0.15, -0.1) is 0 Å². The van der Waals surface area contributed by atoms with Crippen LogP contribution < -0.4 is 16.6 Å². The molecule has 2 aliphatic rings. The molecule has 0 bridgehead atoms. The van der Waals surface area contributed by atoms with Crippen LogP contribution in [0.25, 0.3) is 0 Å². The van der Waals surface area contributed by atoms with Gasteiger partial charge in [0.05, 0.1) is 11.6 Å². The highest BCUT2D eigenvalue weighted by molar-refractivity contribution is 6.38. The highest BCUT2D eigenvalue weighted by atomic mass is 19.1. The van der Waals surface area contributed by atoms with Crippen molar-refractivity contribution in [2.75, 3.05) is 24.6 Å². The van der Waals surface area contributed by atoms with Gasteiger partial charge in [0, 0.05) is 43.8 Å². The fourth-order valence-corrected chi connectivity index (χ4v) is 4.94. The van der Waals surface area contributed by atoms with Crippen molar-refractivity contribution >= 4 is 23.3 Å². The Morgan fingerprint density at radius 1 is 1.03 bits per heavy atom. The number of primary amides is 1. The predicted octanol–water partition coefficient (Wildman–Crippen LogP) is 1.70. The second kappa shape index (κ2) is 9.15. The second-order valence-electron chi connectivity index (χ2n) is 9.37. The number of hydrogen-bond acceptors (Lipinski definition) is 6. The summed E-state index contributed by atoms with van der Waals surface area (Å²) in [6.45, 7) is 7.93. The van der Waals surface area contributed by atoms with Crippen molar-refractivity contribution < 1.29 is 18.8 Å². The number of carbonyl (C=O) groups is 3. The van der Waals surface area contributed by atoms with Gasteiger partial charge in [-0.1, -0.05) is 12.1 Å². The Kier molecular flexibility index (Phi) is 6.42. The van der Waals surface area contributed by atoms with Crippen molar-refractivity contribution in [2.24, 2.45) is 11.6 Å². The fourth-order valence-electron chi connectivity index (χ4n) is 4.94. The number of piperazine rings is 1. The zero-order valence-electron chi connectivity index (χ0n) is 19.6. The van der Waals surface area contributed by atoms with Crippen LogP contribution in [0.2, 0.25) is 0 Å². The average Bonchev–Trinajstić information content (AvgIpc) is 3.11. The summed E-state index contributed by atoms with van der Waals surface area (Å²) < 4.78 is 13.2. The van der Waals surface area contributed by atoms with E-state index in [0.717, 1.165) is 11.1 Å². The minimum absolute atomic E-state index is 0.0501. The van der Waals surface area contributed by atoms with E-state index in [4.69, 9.17) is 11.6 Å². The molecule has 3 atom stereocenters. The number of anilines is 1. The summed E-state index contributed by atoms with van der Waals surface area (Å²) in [5.74, 6) is 3.15. The smallest absolute Gasteiger partial charge is 0.285 e. The van der Waals surface area contributed by atoms with Gasteiger partial charge in [-0.2, -0.15) is 0 Å². The first-order valence-corrected chi connectivity index (χ1v) is 11.4. The molecule has 4 N–H and O–H groups in total. The van der Waals surface area contributed by atoms with Crippen molar-refractivity contribution in [1.29, 1.82) is 0 Å². The van der Waals surface area contributed by atoms with Gasteiger partial charge in [0.1, 0.15) is 5.82 Å². The monoisotopic (exact) mass is 467 g/mol. The quantitative estimate of drug-likeness (QED) is 0.511. The molecule has 0 saturated carbocycles. The summed E-state index contributed by atoms with van der Waals surface area (Å²) in [7, 11) is 0. The lowest BCUT2D eigenvalue weighted by Gasteiger charge is -2.44. The molecule has 2 amide bonds. The van der Waals surface area contributed by atoms with E-state index in [0.29, 0.717) is 36.4 Å². The van der Waals surface area contributed by atoms with E-state index in [9.17, 15) is 18.8 Å². The number of aryl methyl sites for hydroxylation is 1. The summed E-state index contributed by atoms with van der Waals surface area (Å²) in [5.41, 5.74) is 8.66. The molecule has 2 heterocycles. The lowest BCUT2D eigenvalue weighted by molar-refractivity contribution is -0.136. The number of hydrogen-bond donors (Lipinski definition) is 2. The normalized spacial score (nSPS) is 22.6. The number of nitrogens with zero attached hydrogens (tertiary/aromatic N) is 3. The highest BCUT2D eigenvalue weighted by Crippen LogP contribution is 2.37. The van der Waals surface area contributed by atoms with Crippen molar-refractivity contribution in [3.8, 4) is 0 Å². The van der Waals surface area contributed by atoms with E-state index in [1.807, 2.05) is 18.7 Å². The molecule has 2 aromatic carbocycles. The van der Waals surface area contributed by atoms with Gasteiger partial charge in [-0.25, -0.2) is 10.2 Å². The maximum Gasteiger partial charge on any atom is 0.285 e. The Morgan fingerprint density at radius 3 is 2.35 bits per heavy atom. The number of amides is 2. The zero-order chi connectivity index (χ0) is 24.7. The maximum absolute atomic E-state index is 13.6. The van der Waals surface area contributed by atoms with Crippen LogP contribution in [0.15, 0.2) is 36.4 Å². The van der Waals surface area contributed by atoms with Crippen molar-refractivity contribution in [2.45, 2.75) is 45.3 Å². The molecule has 8 nitrogen and oxygen atoms in total. The third-order valence-electron chi connectivity index (χ3n) is 6.90. The topological polar surface area (TPSA) is 113 Å². The molecule has 4 rings (SSSR count). The first kappa shape index (κ1) is 23.8. The standard InChI is InChI=1S/C25H30FN5O3/c1-14-8-22-20(21(13-31(22)28)23(32)24(27)33)9-19(14)25(34)30-11-15(2)29(10-16(30)3)12-17-4-6-18(26)7-5-17/h4-9,15-16,21H,10-13,28H2,1-3H3,(H2,27,33)/t15-,16+,21?/m0/s1. The number of halogens is 1. The minimum atomic E-state index is -1.01. The van der Waals surface area contributed by atoms with Crippen LogP contribution in [0.1, 0.15) is 46.8 Å². The van der Waals surface area contributed by atoms with Crippen LogP contribution in [0.5, 0.6) is 0 Å². The second-order valence-corrected chi connectivity index (χ2v) is 9.37. The molecule has 1 fully saturated rings.